The van der Waals surface area contributed by atoms with E-state index in [0.29, 0.717) is 11.5 Å². The highest BCUT2D eigenvalue weighted by Crippen LogP contribution is 2.15. The number of rotatable bonds is 8. The molecule has 6 heteroatoms. The van der Waals surface area contributed by atoms with Gasteiger partial charge in [-0.25, -0.2) is 9.67 Å². The molecule has 0 bridgehead atoms. The Bertz CT molecular complexity index is 677. The number of carbonyl (C=O) groups is 1. The molecule has 0 spiro atoms. The second-order valence-corrected chi connectivity index (χ2v) is 6.71. The van der Waals surface area contributed by atoms with Crippen molar-refractivity contribution in [1.82, 2.24) is 20.1 Å². The van der Waals surface area contributed by atoms with E-state index >= 15 is 0 Å². The number of carbonyl (C=O) groups excluding carboxylic acids is 1. The third-order valence-corrected chi connectivity index (χ3v) is 4.34. The summed E-state index contributed by atoms with van der Waals surface area (Å²) in [5, 5.41) is 18.1. The lowest BCUT2D eigenvalue weighted by Gasteiger charge is -2.20. The van der Waals surface area contributed by atoms with Crippen molar-refractivity contribution < 1.29 is 9.90 Å². The summed E-state index contributed by atoms with van der Waals surface area (Å²) >= 11 is 0. The fraction of sp³-hybridized carbons (Fsp3) is 0.611. The molecular formula is C18H28N4O2. The molecule has 1 unspecified atom stereocenters. The second-order valence-electron chi connectivity index (χ2n) is 6.71. The maximum absolute atomic E-state index is 12.3. The van der Waals surface area contributed by atoms with E-state index in [1.54, 1.807) is 18.5 Å². The summed E-state index contributed by atoms with van der Waals surface area (Å²) in [6.45, 7) is 9.40. The summed E-state index contributed by atoms with van der Waals surface area (Å²) < 4.78 is 1.86. The minimum Gasteiger partial charge on any atom is -0.391 e. The summed E-state index contributed by atoms with van der Waals surface area (Å²) in [5.41, 5.74) is 1.28. The molecule has 2 aromatic rings. The molecule has 2 rings (SSSR count). The number of hydrogen-bond donors (Lipinski definition) is 2. The molecule has 132 valence electrons. The lowest BCUT2D eigenvalue weighted by atomic mass is 9.96. The van der Waals surface area contributed by atoms with Crippen molar-refractivity contribution in [3.63, 3.8) is 0 Å². The van der Waals surface area contributed by atoms with Crippen LogP contribution in [-0.2, 0) is 6.54 Å². The summed E-state index contributed by atoms with van der Waals surface area (Å²) in [7, 11) is 0. The Kier molecular flexibility index (Phi) is 6.31. The van der Waals surface area contributed by atoms with Gasteiger partial charge >= 0.3 is 0 Å². The number of aliphatic hydroxyl groups excluding tert-OH is 1. The number of fused-ring (bicyclic) bond motifs is 1. The molecule has 0 aromatic carbocycles. The molecule has 2 aromatic heterocycles. The normalized spacial score (nSPS) is 13.0. The van der Waals surface area contributed by atoms with Gasteiger partial charge in [-0.1, -0.05) is 40.5 Å². The molecule has 24 heavy (non-hydrogen) atoms. The van der Waals surface area contributed by atoms with Gasteiger partial charge in [-0.3, -0.25) is 4.79 Å². The van der Waals surface area contributed by atoms with Crippen molar-refractivity contribution in [1.29, 1.82) is 0 Å². The number of pyridine rings is 1. The van der Waals surface area contributed by atoms with E-state index in [-0.39, 0.29) is 18.4 Å². The Labute approximate surface area is 143 Å². The molecule has 0 aliphatic carbocycles. The van der Waals surface area contributed by atoms with E-state index in [1.165, 1.54) is 0 Å². The highest BCUT2D eigenvalue weighted by atomic mass is 16.3. The van der Waals surface area contributed by atoms with Crippen LogP contribution >= 0.6 is 0 Å². The Balaban J connectivity index is 2.05. The number of nitrogens with zero attached hydrogens (tertiary/aromatic N) is 3. The average Bonchev–Trinajstić information content (AvgIpc) is 2.95. The van der Waals surface area contributed by atoms with E-state index < -0.39 is 6.10 Å². The van der Waals surface area contributed by atoms with E-state index in [0.717, 1.165) is 30.4 Å². The first-order valence-corrected chi connectivity index (χ1v) is 8.74. The topological polar surface area (TPSA) is 80.0 Å². The zero-order valence-electron chi connectivity index (χ0n) is 15.0. The molecule has 6 nitrogen and oxygen atoms in total. The van der Waals surface area contributed by atoms with E-state index in [2.05, 4.69) is 29.2 Å². The van der Waals surface area contributed by atoms with E-state index in [4.69, 9.17) is 0 Å². The summed E-state index contributed by atoms with van der Waals surface area (Å²) in [5.74, 6) is 0.468. The largest absolute Gasteiger partial charge is 0.391 e. The Morgan fingerprint density at radius 2 is 2.00 bits per heavy atom. The summed E-state index contributed by atoms with van der Waals surface area (Å²) in [6, 6.07) is 1.80. The molecule has 1 atom stereocenters. The van der Waals surface area contributed by atoms with Crippen LogP contribution in [0.4, 0.5) is 0 Å². The number of aromatic nitrogens is 3. The van der Waals surface area contributed by atoms with Gasteiger partial charge in [0.15, 0.2) is 5.65 Å². The molecule has 2 N–H and O–H groups in total. The SMILES string of the molecule is CCC(CC)C(O)CNC(=O)c1cnc2c(cnn2CC(C)C)c1. The van der Waals surface area contributed by atoms with Gasteiger partial charge in [-0.15, -0.1) is 0 Å². The third kappa shape index (κ3) is 4.32. The first kappa shape index (κ1) is 18.4. The van der Waals surface area contributed by atoms with Crippen LogP contribution in [-0.4, -0.2) is 38.4 Å². The zero-order chi connectivity index (χ0) is 17.7. The van der Waals surface area contributed by atoms with E-state index in [9.17, 15) is 9.90 Å². The smallest absolute Gasteiger partial charge is 0.252 e. The first-order chi connectivity index (χ1) is 11.5. The van der Waals surface area contributed by atoms with Crippen LogP contribution in [0.2, 0.25) is 0 Å². The van der Waals surface area contributed by atoms with Gasteiger partial charge < -0.3 is 10.4 Å². The third-order valence-electron chi connectivity index (χ3n) is 4.34. The van der Waals surface area contributed by atoms with Crippen molar-refractivity contribution in [2.75, 3.05) is 6.54 Å². The quantitative estimate of drug-likeness (QED) is 0.779. The van der Waals surface area contributed by atoms with Gasteiger partial charge in [-0.2, -0.15) is 5.10 Å². The molecule has 0 aliphatic heterocycles. The number of hydrogen-bond acceptors (Lipinski definition) is 4. The van der Waals surface area contributed by atoms with Gasteiger partial charge in [0.25, 0.3) is 5.91 Å². The zero-order valence-corrected chi connectivity index (χ0v) is 15.0. The monoisotopic (exact) mass is 332 g/mol. The van der Waals surface area contributed by atoms with Gasteiger partial charge in [0, 0.05) is 24.7 Å². The number of aliphatic hydroxyl groups is 1. The van der Waals surface area contributed by atoms with Gasteiger partial charge in [0.05, 0.1) is 17.9 Å². The number of nitrogens with one attached hydrogen (secondary N) is 1. The minimum atomic E-state index is -0.519. The van der Waals surface area contributed by atoms with Crippen molar-refractivity contribution in [2.24, 2.45) is 11.8 Å². The summed E-state index contributed by atoms with van der Waals surface area (Å²) in [6.07, 6.45) is 4.58. The maximum atomic E-state index is 12.3. The molecule has 0 aliphatic rings. The Morgan fingerprint density at radius 1 is 1.29 bits per heavy atom. The molecule has 0 radical (unpaired) electrons. The van der Waals surface area contributed by atoms with Crippen LogP contribution in [0.3, 0.4) is 0 Å². The molecule has 2 heterocycles. The maximum Gasteiger partial charge on any atom is 0.252 e. The van der Waals surface area contributed by atoms with Gasteiger partial charge in [0.1, 0.15) is 0 Å². The Morgan fingerprint density at radius 3 is 2.62 bits per heavy atom. The van der Waals surface area contributed by atoms with Crippen LogP contribution in [0.25, 0.3) is 11.0 Å². The summed E-state index contributed by atoms with van der Waals surface area (Å²) in [4.78, 5) is 16.7. The predicted octanol–water partition coefficient (Wildman–Crippen LogP) is 2.61. The van der Waals surface area contributed by atoms with Crippen LogP contribution in [0.15, 0.2) is 18.5 Å². The molecule has 0 fully saturated rings. The fourth-order valence-corrected chi connectivity index (χ4v) is 2.87. The average molecular weight is 332 g/mol. The standard InChI is InChI=1S/C18H28N4O2/c1-5-13(6-2)16(23)10-20-18(24)15-7-14-9-21-22(11-12(3)4)17(14)19-8-15/h7-9,12-13,16,23H,5-6,10-11H2,1-4H3,(H,20,24). The van der Waals surface area contributed by atoms with Crippen molar-refractivity contribution in [2.45, 2.75) is 53.2 Å². The van der Waals surface area contributed by atoms with Crippen molar-refractivity contribution in [3.8, 4) is 0 Å². The molecule has 0 saturated heterocycles. The van der Waals surface area contributed by atoms with Crippen molar-refractivity contribution >= 4 is 16.9 Å². The van der Waals surface area contributed by atoms with E-state index in [1.807, 2.05) is 18.5 Å². The highest BCUT2D eigenvalue weighted by Gasteiger charge is 2.17. The van der Waals surface area contributed by atoms with Crippen LogP contribution < -0.4 is 5.32 Å². The number of amides is 1. The lowest BCUT2D eigenvalue weighted by Crippen LogP contribution is -2.36. The van der Waals surface area contributed by atoms with Crippen LogP contribution in [0, 0.1) is 11.8 Å². The lowest BCUT2D eigenvalue weighted by molar-refractivity contribution is 0.0816. The second kappa shape index (κ2) is 8.24. The van der Waals surface area contributed by atoms with Crippen LogP contribution in [0.1, 0.15) is 50.9 Å². The predicted molar refractivity (Wildman–Crippen MR) is 94.8 cm³/mol. The van der Waals surface area contributed by atoms with Gasteiger partial charge in [-0.05, 0) is 17.9 Å². The first-order valence-electron chi connectivity index (χ1n) is 8.74. The van der Waals surface area contributed by atoms with Gasteiger partial charge in [0.2, 0.25) is 0 Å². The fourth-order valence-electron chi connectivity index (χ4n) is 2.87. The minimum absolute atomic E-state index is 0.208. The molecule has 0 saturated carbocycles. The van der Waals surface area contributed by atoms with Crippen molar-refractivity contribution in [3.05, 3.63) is 24.0 Å². The molecule has 1 amide bonds. The molecular weight excluding hydrogens is 304 g/mol. The van der Waals surface area contributed by atoms with Crippen LogP contribution in [0.5, 0.6) is 0 Å². The Hall–Kier alpha value is -1.95. The highest BCUT2D eigenvalue weighted by molar-refractivity contribution is 5.96.